The van der Waals surface area contributed by atoms with Gasteiger partial charge in [-0.3, -0.25) is 4.79 Å². The van der Waals surface area contributed by atoms with Crippen LogP contribution in [-0.4, -0.2) is 17.4 Å². The van der Waals surface area contributed by atoms with Crippen molar-refractivity contribution >= 4 is 21.9 Å². The standard InChI is InChI=1S/C13H23BrO2/c1-2-3-4-5-6-7-8-11-9-12(10-14)16-13(11)15/h11-12H,2-10H2,1H3. The number of unbranched alkanes of at least 4 members (excludes halogenated alkanes) is 5. The molecule has 0 aromatic heterocycles. The van der Waals surface area contributed by atoms with E-state index in [1.54, 1.807) is 0 Å². The molecular weight excluding hydrogens is 268 g/mol. The number of carbonyl (C=O) groups is 1. The summed E-state index contributed by atoms with van der Waals surface area (Å²) in [5, 5.41) is 0.783. The second-order valence-electron chi connectivity index (χ2n) is 4.70. The Morgan fingerprint density at radius 3 is 2.56 bits per heavy atom. The molecule has 0 amide bonds. The van der Waals surface area contributed by atoms with Crippen LogP contribution in [0.4, 0.5) is 0 Å². The van der Waals surface area contributed by atoms with Gasteiger partial charge in [0.05, 0.1) is 5.92 Å². The molecule has 1 heterocycles. The molecule has 1 aliphatic heterocycles. The number of rotatable bonds is 8. The lowest BCUT2D eigenvalue weighted by Crippen LogP contribution is -2.07. The predicted octanol–water partition coefficient (Wildman–Crippen LogP) is 4.06. The fourth-order valence-electron chi connectivity index (χ4n) is 2.22. The van der Waals surface area contributed by atoms with Crippen LogP contribution in [0.25, 0.3) is 0 Å². The Balaban J connectivity index is 2.03. The van der Waals surface area contributed by atoms with E-state index in [0.717, 1.165) is 18.2 Å². The normalized spacial score (nSPS) is 24.8. The minimum Gasteiger partial charge on any atom is -0.461 e. The maximum absolute atomic E-state index is 11.5. The summed E-state index contributed by atoms with van der Waals surface area (Å²) in [7, 11) is 0. The van der Waals surface area contributed by atoms with E-state index in [1.165, 1.54) is 38.5 Å². The maximum Gasteiger partial charge on any atom is 0.309 e. The molecule has 0 aromatic carbocycles. The van der Waals surface area contributed by atoms with Crippen LogP contribution in [0.3, 0.4) is 0 Å². The highest BCUT2D eigenvalue weighted by Crippen LogP contribution is 2.27. The molecule has 3 heteroatoms. The molecule has 0 spiro atoms. The van der Waals surface area contributed by atoms with Crippen molar-refractivity contribution in [2.75, 3.05) is 5.33 Å². The van der Waals surface area contributed by atoms with E-state index in [-0.39, 0.29) is 18.0 Å². The van der Waals surface area contributed by atoms with E-state index in [2.05, 4.69) is 22.9 Å². The van der Waals surface area contributed by atoms with Crippen molar-refractivity contribution in [3.05, 3.63) is 0 Å². The molecule has 1 saturated heterocycles. The van der Waals surface area contributed by atoms with E-state index in [9.17, 15) is 4.79 Å². The van der Waals surface area contributed by atoms with Crippen molar-refractivity contribution in [1.29, 1.82) is 0 Å². The van der Waals surface area contributed by atoms with Crippen molar-refractivity contribution in [3.8, 4) is 0 Å². The van der Waals surface area contributed by atoms with Gasteiger partial charge in [-0.1, -0.05) is 61.4 Å². The van der Waals surface area contributed by atoms with Gasteiger partial charge < -0.3 is 4.74 Å². The summed E-state index contributed by atoms with van der Waals surface area (Å²) in [6.45, 7) is 2.23. The third kappa shape index (κ3) is 4.86. The van der Waals surface area contributed by atoms with Crippen LogP contribution in [-0.2, 0) is 9.53 Å². The van der Waals surface area contributed by atoms with E-state index in [0.29, 0.717) is 0 Å². The highest BCUT2D eigenvalue weighted by molar-refractivity contribution is 9.09. The van der Waals surface area contributed by atoms with Crippen LogP contribution in [0.2, 0.25) is 0 Å². The smallest absolute Gasteiger partial charge is 0.309 e. The summed E-state index contributed by atoms with van der Waals surface area (Å²) in [6, 6.07) is 0. The van der Waals surface area contributed by atoms with Crippen molar-refractivity contribution in [2.45, 2.75) is 64.4 Å². The zero-order chi connectivity index (χ0) is 11.8. The van der Waals surface area contributed by atoms with Crippen molar-refractivity contribution in [2.24, 2.45) is 5.92 Å². The van der Waals surface area contributed by atoms with E-state index >= 15 is 0 Å². The second kappa shape index (κ2) is 8.10. The van der Waals surface area contributed by atoms with E-state index in [1.807, 2.05) is 0 Å². The molecule has 0 bridgehead atoms. The van der Waals surface area contributed by atoms with Crippen molar-refractivity contribution in [3.63, 3.8) is 0 Å². The van der Waals surface area contributed by atoms with Gasteiger partial charge in [0.15, 0.2) is 0 Å². The summed E-state index contributed by atoms with van der Waals surface area (Å²) in [4.78, 5) is 11.5. The van der Waals surface area contributed by atoms with Crippen molar-refractivity contribution < 1.29 is 9.53 Å². The quantitative estimate of drug-likeness (QED) is 0.383. The number of hydrogen-bond donors (Lipinski definition) is 0. The minimum absolute atomic E-state index is 0.0259. The number of carbonyl (C=O) groups excluding carboxylic acids is 1. The number of ether oxygens (including phenoxy) is 1. The molecule has 0 saturated carbocycles. The number of halogens is 1. The van der Waals surface area contributed by atoms with Crippen LogP contribution in [0.5, 0.6) is 0 Å². The van der Waals surface area contributed by atoms with Gasteiger partial charge in [-0.25, -0.2) is 0 Å². The Hall–Kier alpha value is -0.0500. The average molecular weight is 291 g/mol. The second-order valence-corrected chi connectivity index (χ2v) is 5.35. The van der Waals surface area contributed by atoms with Gasteiger partial charge in [0, 0.05) is 5.33 Å². The Labute approximate surface area is 107 Å². The first-order valence-corrected chi connectivity index (χ1v) is 7.66. The number of hydrogen-bond acceptors (Lipinski definition) is 2. The topological polar surface area (TPSA) is 26.3 Å². The van der Waals surface area contributed by atoms with Gasteiger partial charge in [-0.15, -0.1) is 0 Å². The third-order valence-electron chi connectivity index (χ3n) is 3.24. The Kier molecular flexibility index (Phi) is 7.10. The molecule has 1 fully saturated rings. The van der Waals surface area contributed by atoms with Gasteiger partial charge in [0.2, 0.25) is 0 Å². The van der Waals surface area contributed by atoms with Gasteiger partial charge in [0.25, 0.3) is 0 Å². The Morgan fingerprint density at radius 2 is 1.94 bits per heavy atom. The average Bonchev–Trinajstić information content (AvgIpc) is 2.65. The molecule has 0 N–H and O–H groups in total. The molecule has 94 valence electrons. The molecule has 2 unspecified atom stereocenters. The lowest BCUT2D eigenvalue weighted by molar-refractivity contribution is -0.143. The largest absolute Gasteiger partial charge is 0.461 e. The third-order valence-corrected chi connectivity index (χ3v) is 3.96. The highest BCUT2D eigenvalue weighted by atomic mass is 79.9. The molecule has 1 rings (SSSR count). The zero-order valence-electron chi connectivity index (χ0n) is 10.2. The van der Waals surface area contributed by atoms with Crippen LogP contribution in [0.1, 0.15) is 58.3 Å². The van der Waals surface area contributed by atoms with Crippen LogP contribution in [0, 0.1) is 5.92 Å². The maximum atomic E-state index is 11.5. The lowest BCUT2D eigenvalue weighted by atomic mass is 9.97. The van der Waals surface area contributed by atoms with Gasteiger partial charge in [-0.05, 0) is 12.8 Å². The summed E-state index contributed by atoms with van der Waals surface area (Å²) in [6.07, 6.45) is 9.80. The van der Waals surface area contributed by atoms with Gasteiger partial charge >= 0.3 is 5.97 Å². The molecule has 16 heavy (non-hydrogen) atoms. The molecule has 2 atom stereocenters. The summed E-state index contributed by atoms with van der Waals surface area (Å²) >= 11 is 3.36. The van der Waals surface area contributed by atoms with Crippen LogP contribution >= 0.6 is 15.9 Å². The molecule has 0 aromatic rings. The van der Waals surface area contributed by atoms with E-state index < -0.39 is 0 Å². The first-order valence-electron chi connectivity index (χ1n) is 6.54. The number of cyclic esters (lactones) is 1. The summed E-state index contributed by atoms with van der Waals surface area (Å²) in [5.41, 5.74) is 0. The highest BCUT2D eigenvalue weighted by Gasteiger charge is 2.32. The fraction of sp³-hybridized carbons (Fsp3) is 0.923. The molecule has 1 aliphatic rings. The molecule has 0 radical (unpaired) electrons. The van der Waals surface area contributed by atoms with Crippen LogP contribution in [0.15, 0.2) is 0 Å². The fourth-order valence-corrected chi connectivity index (χ4v) is 2.62. The molecular formula is C13H23BrO2. The molecule has 2 nitrogen and oxygen atoms in total. The minimum atomic E-state index is 0.0259. The lowest BCUT2D eigenvalue weighted by Gasteiger charge is -2.04. The van der Waals surface area contributed by atoms with Gasteiger partial charge in [-0.2, -0.15) is 0 Å². The zero-order valence-corrected chi connectivity index (χ0v) is 11.8. The SMILES string of the molecule is CCCCCCCCC1CC(CBr)OC1=O. The van der Waals surface area contributed by atoms with Crippen molar-refractivity contribution in [1.82, 2.24) is 0 Å². The summed E-state index contributed by atoms with van der Waals surface area (Å²) in [5.74, 6) is 0.201. The molecule has 0 aliphatic carbocycles. The van der Waals surface area contributed by atoms with Crippen LogP contribution < -0.4 is 0 Å². The Morgan fingerprint density at radius 1 is 1.25 bits per heavy atom. The number of esters is 1. The summed E-state index contributed by atoms with van der Waals surface area (Å²) < 4.78 is 5.23. The first-order chi connectivity index (χ1) is 7.77. The predicted molar refractivity (Wildman–Crippen MR) is 69.8 cm³/mol. The number of alkyl halides is 1. The van der Waals surface area contributed by atoms with Gasteiger partial charge in [0.1, 0.15) is 6.10 Å². The Bertz CT molecular complexity index is 206. The van der Waals surface area contributed by atoms with E-state index in [4.69, 9.17) is 4.74 Å². The monoisotopic (exact) mass is 290 g/mol. The first kappa shape index (κ1) is 14.0.